The molecule has 1 amide bonds. The average molecular weight is 368 g/mol. The molecule has 0 aliphatic heterocycles. The predicted octanol–water partition coefficient (Wildman–Crippen LogP) is 4.57. The van der Waals surface area contributed by atoms with Gasteiger partial charge in [-0.05, 0) is 55.0 Å². The number of nitrogens with one attached hydrogen (secondary N) is 2. The van der Waals surface area contributed by atoms with Gasteiger partial charge in [0.2, 0.25) is 5.91 Å². The van der Waals surface area contributed by atoms with Gasteiger partial charge in [-0.15, -0.1) is 0 Å². The van der Waals surface area contributed by atoms with E-state index in [0.29, 0.717) is 18.9 Å². The van der Waals surface area contributed by atoms with Crippen LogP contribution in [0.4, 0.5) is 15.8 Å². The van der Waals surface area contributed by atoms with Gasteiger partial charge in [0.1, 0.15) is 24.2 Å². The first-order chi connectivity index (χ1) is 13.1. The molecule has 0 saturated heterocycles. The van der Waals surface area contributed by atoms with E-state index in [2.05, 4.69) is 10.6 Å². The lowest BCUT2D eigenvalue weighted by atomic mass is 10.2. The third-order valence-corrected chi connectivity index (χ3v) is 3.89. The summed E-state index contributed by atoms with van der Waals surface area (Å²) in [6.07, 6.45) is 1.61. The van der Waals surface area contributed by atoms with E-state index >= 15 is 0 Å². The molecule has 0 saturated carbocycles. The molecule has 0 spiro atoms. The van der Waals surface area contributed by atoms with Crippen LogP contribution in [0.25, 0.3) is 0 Å². The molecule has 1 aromatic heterocycles. The normalized spacial score (nSPS) is 11.8. The lowest BCUT2D eigenvalue weighted by molar-refractivity contribution is -0.116. The largest absolute Gasteiger partial charge is 0.467 e. The van der Waals surface area contributed by atoms with E-state index in [-0.39, 0.29) is 5.91 Å². The zero-order valence-electron chi connectivity index (χ0n) is 14.9. The van der Waals surface area contributed by atoms with Crippen molar-refractivity contribution in [3.8, 4) is 0 Å². The van der Waals surface area contributed by atoms with Gasteiger partial charge >= 0.3 is 0 Å². The van der Waals surface area contributed by atoms with Crippen LogP contribution in [0, 0.1) is 5.82 Å². The van der Waals surface area contributed by atoms with Gasteiger partial charge in [0.05, 0.1) is 12.9 Å². The van der Waals surface area contributed by atoms with Crippen molar-refractivity contribution < 1.29 is 18.3 Å². The molecule has 0 aliphatic rings. The van der Waals surface area contributed by atoms with E-state index in [1.165, 1.54) is 12.1 Å². The summed E-state index contributed by atoms with van der Waals surface area (Å²) in [7, 11) is 0. The number of furan rings is 1. The van der Waals surface area contributed by atoms with Crippen LogP contribution in [0.5, 0.6) is 0 Å². The Balaban J connectivity index is 1.52. The summed E-state index contributed by atoms with van der Waals surface area (Å²) in [4.78, 5) is 12.3. The number of carbonyl (C=O) groups excluding carboxylic acids is 1. The second kappa shape index (κ2) is 9.00. The van der Waals surface area contributed by atoms with E-state index in [1.807, 2.05) is 36.4 Å². The zero-order chi connectivity index (χ0) is 19.1. The van der Waals surface area contributed by atoms with Crippen LogP contribution in [0.1, 0.15) is 18.2 Å². The van der Waals surface area contributed by atoms with Crippen LogP contribution in [-0.2, 0) is 22.7 Å². The van der Waals surface area contributed by atoms with E-state index in [4.69, 9.17) is 9.15 Å². The van der Waals surface area contributed by atoms with E-state index in [9.17, 15) is 9.18 Å². The number of ether oxygens (including phenoxy) is 1. The fourth-order valence-electron chi connectivity index (χ4n) is 2.55. The second-order valence-corrected chi connectivity index (χ2v) is 6.14. The number of hydrogen-bond acceptors (Lipinski definition) is 4. The summed E-state index contributed by atoms with van der Waals surface area (Å²) < 4.78 is 24.1. The maximum absolute atomic E-state index is 13.2. The Labute approximate surface area is 157 Å². The minimum atomic E-state index is -0.493. The molecule has 140 valence electrons. The minimum Gasteiger partial charge on any atom is -0.467 e. The topological polar surface area (TPSA) is 63.5 Å². The minimum absolute atomic E-state index is 0.250. The first-order valence-corrected chi connectivity index (χ1v) is 8.62. The van der Waals surface area contributed by atoms with Crippen LogP contribution in [0.2, 0.25) is 0 Å². The summed E-state index contributed by atoms with van der Waals surface area (Å²) in [5, 5.41) is 5.83. The van der Waals surface area contributed by atoms with Crippen molar-refractivity contribution in [2.45, 2.75) is 26.2 Å². The molecule has 0 bridgehead atoms. The van der Waals surface area contributed by atoms with E-state index in [1.54, 1.807) is 25.3 Å². The summed E-state index contributed by atoms with van der Waals surface area (Å²) in [5.41, 5.74) is 2.20. The van der Waals surface area contributed by atoms with Crippen LogP contribution in [0.3, 0.4) is 0 Å². The van der Waals surface area contributed by atoms with Crippen LogP contribution in [-0.4, -0.2) is 11.9 Å². The molecule has 3 rings (SSSR count). The molecule has 27 heavy (non-hydrogen) atoms. The van der Waals surface area contributed by atoms with Crippen molar-refractivity contribution in [3.63, 3.8) is 0 Å². The molecule has 0 radical (unpaired) electrons. The van der Waals surface area contributed by atoms with Gasteiger partial charge in [-0.3, -0.25) is 4.79 Å². The van der Waals surface area contributed by atoms with Gasteiger partial charge in [0, 0.05) is 11.4 Å². The fraction of sp³-hybridized carbons (Fsp3) is 0.190. The van der Waals surface area contributed by atoms with Crippen LogP contribution >= 0.6 is 0 Å². The lowest BCUT2D eigenvalue weighted by Gasteiger charge is -2.16. The molecule has 0 aliphatic carbocycles. The van der Waals surface area contributed by atoms with Crippen LogP contribution < -0.4 is 10.6 Å². The quantitative estimate of drug-likeness (QED) is 0.611. The summed E-state index contributed by atoms with van der Waals surface area (Å²) in [6.45, 7) is 2.58. The van der Waals surface area contributed by atoms with Gasteiger partial charge in [-0.2, -0.15) is 0 Å². The maximum Gasteiger partial charge on any atom is 0.246 e. The van der Waals surface area contributed by atoms with Crippen molar-refractivity contribution >= 4 is 17.3 Å². The fourth-order valence-corrected chi connectivity index (χ4v) is 2.55. The third kappa shape index (κ3) is 5.69. The lowest BCUT2D eigenvalue weighted by Crippen LogP contribution is -2.31. The van der Waals surface area contributed by atoms with Gasteiger partial charge in [-0.25, -0.2) is 4.39 Å². The Morgan fingerprint density at radius 1 is 1.07 bits per heavy atom. The van der Waals surface area contributed by atoms with Crippen molar-refractivity contribution in [2.24, 2.45) is 0 Å². The molecule has 2 N–H and O–H groups in total. The SMILES string of the molecule is CC(Nc1cccc(COCc2ccco2)c1)C(=O)Nc1cccc(F)c1. The van der Waals surface area contributed by atoms with Crippen LogP contribution in [0.15, 0.2) is 71.3 Å². The number of rotatable bonds is 8. The number of hydrogen-bond donors (Lipinski definition) is 2. The zero-order valence-corrected chi connectivity index (χ0v) is 14.9. The Hall–Kier alpha value is -3.12. The smallest absolute Gasteiger partial charge is 0.246 e. The van der Waals surface area contributed by atoms with Gasteiger partial charge in [-0.1, -0.05) is 18.2 Å². The highest BCUT2D eigenvalue weighted by Crippen LogP contribution is 2.15. The summed E-state index contributed by atoms with van der Waals surface area (Å²) >= 11 is 0. The maximum atomic E-state index is 13.2. The van der Waals surface area contributed by atoms with E-state index in [0.717, 1.165) is 17.0 Å². The number of halogens is 1. The van der Waals surface area contributed by atoms with Crippen molar-refractivity contribution in [3.05, 3.63) is 84.1 Å². The van der Waals surface area contributed by atoms with Crippen molar-refractivity contribution in [1.82, 2.24) is 0 Å². The molecule has 3 aromatic rings. The second-order valence-electron chi connectivity index (χ2n) is 6.14. The Morgan fingerprint density at radius 2 is 1.89 bits per heavy atom. The first-order valence-electron chi connectivity index (χ1n) is 8.62. The molecule has 6 heteroatoms. The number of amides is 1. The summed E-state index contributed by atoms with van der Waals surface area (Å²) in [6, 6.07) is 16.6. The number of benzene rings is 2. The number of anilines is 2. The van der Waals surface area contributed by atoms with E-state index < -0.39 is 11.9 Å². The monoisotopic (exact) mass is 368 g/mol. The summed E-state index contributed by atoms with van der Waals surface area (Å²) in [5.74, 6) is 0.127. The van der Waals surface area contributed by atoms with Crippen molar-refractivity contribution in [1.29, 1.82) is 0 Å². The van der Waals surface area contributed by atoms with Gasteiger partial charge in [0.25, 0.3) is 0 Å². The molecular weight excluding hydrogens is 347 g/mol. The molecule has 0 fully saturated rings. The van der Waals surface area contributed by atoms with Gasteiger partial charge < -0.3 is 19.8 Å². The predicted molar refractivity (Wildman–Crippen MR) is 102 cm³/mol. The highest BCUT2D eigenvalue weighted by molar-refractivity contribution is 5.96. The Morgan fingerprint density at radius 3 is 2.67 bits per heavy atom. The highest BCUT2D eigenvalue weighted by atomic mass is 19.1. The molecule has 2 aromatic carbocycles. The molecule has 1 atom stereocenters. The average Bonchev–Trinajstić information content (AvgIpc) is 3.15. The Kier molecular flexibility index (Phi) is 6.22. The Bertz CT molecular complexity index is 881. The van der Waals surface area contributed by atoms with Gasteiger partial charge in [0.15, 0.2) is 0 Å². The molecular formula is C21H21FN2O3. The third-order valence-electron chi connectivity index (χ3n) is 3.89. The van der Waals surface area contributed by atoms with Crippen molar-refractivity contribution in [2.75, 3.05) is 10.6 Å². The highest BCUT2D eigenvalue weighted by Gasteiger charge is 2.13. The number of carbonyl (C=O) groups is 1. The first kappa shape index (κ1) is 18.7. The molecule has 5 nitrogen and oxygen atoms in total. The molecule has 1 heterocycles. The molecule has 1 unspecified atom stereocenters. The standard InChI is InChI=1S/C21H21FN2O3/c1-15(21(25)24-19-8-3-6-17(22)12-19)23-18-7-2-5-16(11-18)13-26-14-20-9-4-10-27-20/h2-12,15,23H,13-14H2,1H3,(H,24,25).